The molecule has 0 radical (unpaired) electrons. The Kier molecular flexibility index (Phi) is 5.84. The molecule has 0 saturated heterocycles. The second kappa shape index (κ2) is 7.42. The molecular weight excluding hydrogens is 286 g/mol. The molecule has 0 aliphatic heterocycles. The van der Waals surface area contributed by atoms with E-state index in [4.69, 9.17) is 0 Å². The van der Waals surface area contributed by atoms with Crippen molar-refractivity contribution in [2.24, 2.45) is 5.92 Å². The van der Waals surface area contributed by atoms with Crippen LogP contribution in [-0.2, 0) is 16.6 Å². The quantitative estimate of drug-likeness (QED) is 0.723. The molecule has 2 rings (SSSR count). The van der Waals surface area contributed by atoms with Crippen LogP contribution in [-0.4, -0.2) is 26.5 Å². The summed E-state index contributed by atoms with van der Waals surface area (Å²) in [7, 11) is -1.56. The summed E-state index contributed by atoms with van der Waals surface area (Å²) in [6.45, 7) is 2.85. The highest BCUT2D eigenvalue weighted by atomic mass is 32.2. The third-order valence-electron chi connectivity index (χ3n) is 4.26. The smallest absolute Gasteiger partial charge is 0.242 e. The molecule has 1 fully saturated rings. The Morgan fingerprint density at radius 3 is 2.62 bits per heavy atom. The lowest BCUT2D eigenvalue weighted by Crippen LogP contribution is -2.37. The van der Waals surface area contributed by atoms with Crippen LogP contribution in [0, 0.1) is 5.92 Å². The SMILES string of the molecule is CCCC1CCC(NS(=O)(=O)c2c[nH]c(CNC)c2)CC1. The number of aromatic nitrogens is 1. The van der Waals surface area contributed by atoms with Gasteiger partial charge in [0.2, 0.25) is 10.0 Å². The van der Waals surface area contributed by atoms with Crippen LogP contribution in [0.2, 0.25) is 0 Å². The molecule has 0 atom stereocenters. The summed E-state index contributed by atoms with van der Waals surface area (Å²) in [6.07, 6.45) is 8.24. The zero-order valence-electron chi connectivity index (χ0n) is 13.0. The Balaban J connectivity index is 1.92. The van der Waals surface area contributed by atoms with Gasteiger partial charge in [0.05, 0.1) is 4.90 Å². The number of rotatable bonds is 7. The maximum atomic E-state index is 12.4. The first-order chi connectivity index (χ1) is 10.0. The van der Waals surface area contributed by atoms with Gasteiger partial charge >= 0.3 is 0 Å². The van der Waals surface area contributed by atoms with E-state index in [-0.39, 0.29) is 6.04 Å². The van der Waals surface area contributed by atoms with Crippen LogP contribution in [0.15, 0.2) is 17.2 Å². The second-order valence-corrected chi connectivity index (χ2v) is 7.73. The average Bonchev–Trinajstić information content (AvgIpc) is 2.91. The molecule has 3 N–H and O–H groups in total. The lowest BCUT2D eigenvalue weighted by molar-refractivity contribution is 0.297. The molecule has 21 heavy (non-hydrogen) atoms. The molecule has 0 aromatic carbocycles. The van der Waals surface area contributed by atoms with E-state index >= 15 is 0 Å². The molecule has 1 aromatic rings. The lowest BCUT2D eigenvalue weighted by Gasteiger charge is -2.28. The van der Waals surface area contributed by atoms with Gasteiger partial charge in [-0.25, -0.2) is 13.1 Å². The minimum Gasteiger partial charge on any atom is -0.363 e. The minimum absolute atomic E-state index is 0.0887. The second-order valence-electron chi connectivity index (χ2n) is 6.02. The first-order valence-electron chi connectivity index (χ1n) is 7.89. The fourth-order valence-electron chi connectivity index (χ4n) is 3.13. The highest BCUT2D eigenvalue weighted by Crippen LogP contribution is 2.28. The number of hydrogen-bond acceptors (Lipinski definition) is 3. The first-order valence-corrected chi connectivity index (χ1v) is 9.37. The minimum atomic E-state index is -3.40. The molecule has 1 aromatic heterocycles. The third-order valence-corrected chi connectivity index (χ3v) is 5.76. The fourth-order valence-corrected chi connectivity index (χ4v) is 4.45. The molecule has 1 saturated carbocycles. The van der Waals surface area contributed by atoms with E-state index in [1.807, 2.05) is 7.05 Å². The van der Waals surface area contributed by atoms with E-state index in [0.29, 0.717) is 11.4 Å². The summed E-state index contributed by atoms with van der Waals surface area (Å²) in [5.74, 6) is 0.783. The van der Waals surface area contributed by atoms with Gasteiger partial charge in [-0.15, -0.1) is 0 Å². The Hall–Kier alpha value is -0.850. The molecule has 0 unspecified atom stereocenters. The Labute approximate surface area is 128 Å². The van der Waals surface area contributed by atoms with Crippen LogP contribution >= 0.6 is 0 Å². The van der Waals surface area contributed by atoms with Crippen molar-refractivity contribution in [3.05, 3.63) is 18.0 Å². The Morgan fingerprint density at radius 1 is 1.29 bits per heavy atom. The summed E-state index contributed by atoms with van der Waals surface area (Å²) in [5, 5.41) is 3.00. The monoisotopic (exact) mass is 313 g/mol. The van der Waals surface area contributed by atoms with E-state index < -0.39 is 10.0 Å². The van der Waals surface area contributed by atoms with Crippen molar-refractivity contribution in [2.45, 2.75) is 62.9 Å². The van der Waals surface area contributed by atoms with Crippen molar-refractivity contribution in [3.63, 3.8) is 0 Å². The summed E-state index contributed by atoms with van der Waals surface area (Å²) in [4.78, 5) is 3.33. The maximum Gasteiger partial charge on any atom is 0.242 e. The average molecular weight is 313 g/mol. The number of sulfonamides is 1. The largest absolute Gasteiger partial charge is 0.363 e. The van der Waals surface area contributed by atoms with Crippen LogP contribution < -0.4 is 10.0 Å². The Bertz CT molecular complexity index is 531. The zero-order valence-corrected chi connectivity index (χ0v) is 13.8. The lowest BCUT2D eigenvalue weighted by atomic mass is 9.84. The molecule has 120 valence electrons. The molecular formula is C15H27N3O2S. The zero-order chi connectivity index (χ0) is 15.3. The van der Waals surface area contributed by atoms with E-state index in [0.717, 1.165) is 37.3 Å². The molecule has 0 amide bonds. The van der Waals surface area contributed by atoms with Crippen molar-refractivity contribution in [2.75, 3.05) is 7.05 Å². The van der Waals surface area contributed by atoms with Crippen molar-refractivity contribution < 1.29 is 8.42 Å². The van der Waals surface area contributed by atoms with Crippen LogP contribution in [0.4, 0.5) is 0 Å². The van der Waals surface area contributed by atoms with Crippen LogP contribution in [0.5, 0.6) is 0 Å². The molecule has 6 heteroatoms. The van der Waals surface area contributed by atoms with E-state index in [2.05, 4.69) is 21.9 Å². The van der Waals surface area contributed by atoms with E-state index in [1.165, 1.54) is 12.8 Å². The topological polar surface area (TPSA) is 74.0 Å². The fraction of sp³-hybridized carbons (Fsp3) is 0.733. The van der Waals surface area contributed by atoms with Gasteiger partial charge in [0.1, 0.15) is 0 Å². The van der Waals surface area contributed by atoms with Gasteiger partial charge in [-0.3, -0.25) is 0 Å². The van der Waals surface area contributed by atoms with Gasteiger partial charge < -0.3 is 10.3 Å². The molecule has 1 aliphatic rings. The van der Waals surface area contributed by atoms with Crippen molar-refractivity contribution in [3.8, 4) is 0 Å². The molecule has 0 bridgehead atoms. The van der Waals surface area contributed by atoms with E-state index in [9.17, 15) is 8.42 Å². The number of nitrogens with one attached hydrogen (secondary N) is 3. The highest BCUT2D eigenvalue weighted by Gasteiger charge is 2.25. The summed E-state index contributed by atoms with van der Waals surface area (Å²) < 4.78 is 27.6. The van der Waals surface area contributed by atoms with Gasteiger partial charge in [-0.1, -0.05) is 19.8 Å². The summed E-state index contributed by atoms with van der Waals surface area (Å²) >= 11 is 0. The van der Waals surface area contributed by atoms with Crippen molar-refractivity contribution >= 4 is 10.0 Å². The molecule has 1 aliphatic carbocycles. The van der Waals surface area contributed by atoms with Crippen LogP contribution in [0.3, 0.4) is 0 Å². The number of hydrogen-bond donors (Lipinski definition) is 3. The third kappa shape index (κ3) is 4.56. The van der Waals surface area contributed by atoms with Gasteiger partial charge in [0.25, 0.3) is 0 Å². The predicted molar refractivity (Wildman–Crippen MR) is 84.5 cm³/mol. The maximum absolute atomic E-state index is 12.4. The van der Waals surface area contributed by atoms with Gasteiger partial charge in [0, 0.05) is 24.5 Å². The van der Waals surface area contributed by atoms with Crippen molar-refractivity contribution in [1.29, 1.82) is 0 Å². The highest BCUT2D eigenvalue weighted by molar-refractivity contribution is 7.89. The summed E-state index contributed by atoms with van der Waals surface area (Å²) in [6, 6.07) is 1.78. The van der Waals surface area contributed by atoms with Gasteiger partial charge in [0.15, 0.2) is 0 Å². The van der Waals surface area contributed by atoms with Crippen LogP contribution in [0.25, 0.3) is 0 Å². The molecule has 0 spiro atoms. The summed E-state index contributed by atoms with van der Waals surface area (Å²) in [5.41, 5.74) is 0.879. The first kappa shape index (κ1) is 16.5. The predicted octanol–water partition coefficient (Wildman–Crippen LogP) is 2.37. The van der Waals surface area contributed by atoms with Crippen molar-refractivity contribution in [1.82, 2.24) is 15.0 Å². The number of H-pyrrole nitrogens is 1. The van der Waals surface area contributed by atoms with E-state index in [1.54, 1.807) is 12.3 Å². The van der Waals surface area contributed by atoms with Gasteiger partial charge in [-0.05, 0) is 44.7 Å². The van der Waals surface area contributed by atoms with Gasteiger partial charge in [-0.2, -0.15) is 0 Å². The standard InChI is InChI=1S/C15H27N3O2S/c1-3-4-12-5-7-13(8-6-12)18-21(19,20)15-9-14(10-16-2)17-11-15/h9,11-13,16-18H,3-8,10H2,1-2H3. The number of aromatic amines is 1. The van der Waals surface area contributed by atoms with Crippen LogP contribution in [0.1, 0.15) is 51.1 Å². The Morgan fingerprint density at radius 2 is 2.00 bits per heavy atom. The molecule has 5 nitrogen and oxygen atoms in total. The normalized spacial score (nSPS) is 23.3. The molecule has 1 heterocycles.